The lowest BCUT2D eigenvalue weighted by molar-refractivity contribution is -0.141. The molecular formula is C12H22N4O5. The van der Waals surface area contributed by atoms with E-state index in [1.54, 1.807) is 0 Å². The summed E-state index contributed by atoms with van der Waals surface area (Å²) in [6.07, 6.45) is 0. The maximum Gasteiger partial charge on any atom is 0.325 e. The van der Waals surface area contributed by atoms with Crippen LogP contribution in [0.2, 0.25) is 0 Å². The molecule has 0 radical (unpaired) electrons. The number of hydrogen-bond donors (Lipinski definition) is 5. The van der Waals surface area contributed by atoms with Crippen LogP contribution in [0.1, 0.15) is 27.7 Å². The highest BCUT2D eigenvalue weighted by Crippen LogP contribution is 1.91. The Labute approximate surface area is 122 Å². The van der Waals surface area contributed by atoms with E-state index in [0.29, 0.717) is 0 Å². The highest BCUT2D eigenvalue weighted by Gasteiger charge is 2.23. The van der Waals surface area contributed by atoms with Gasteiger partial charge >= 0.3 is 5.97 Å². The van der Waals surface area contributed by atoms with Gasteiger partial charge in [-0.2, -0.15) is 0 Å². The van der Waals surface area contributed by atoms with Gasteiger partial charge in [-0.25, -0.2) is 0 Å². The van der Waals surface area contributed by atoms with E-state index in [1.165, 1.54) is 27.7 Å². The Morgan fingerprint density at radius 1 is 0.762 bits per heavy atom. The number of carboxylic acids is 1. The second-order valence-corrected chi connectivity index (χ2v) is 4.82. The average Bonchev–Trinajstić information content (AvgIpc) is 2.37. The minimum absolute atomic E-state index is 0.491. The largest absolute Gasteiger partial charge is 0.480 e. The molecule has 0 aromatic rings. The number of aliphatic carboxylic acids is 1. The number of nitrogens with two attached hydrogens (primary N) is 1. The first kappa shape index (κ1) is 18.8. The van der Waals surface area contributed by atoms with Crippen molar-refractivity contribution in [3.8, 4) is 0 Å². The van der Waals surface area contributed by atoms with Gasteiger partial charge in [-0.15, -0.1) is 0 Å². The van der Waals surface area contributed by atoms with Gasteiger partial charge in [0, 0.05) is 0 Å². The molecule has 9 nitrogen and oxygen atoms in total. The van der Waals surface area contributed by atoms with Crippen LogP contribution in [0.3, 0.4) is 0 Å². The van der Waals surface area contributed by atoms with Crippen LogP contribution < -0.4 is 21.7 Å². The van der Waals surface area contributed by atoms with Crippen molar-refractivity contribution in [3.05, 3.63) is 0 Å². The summed E-state index contributed by atoms with van der Waals surface area (Å²) in [4.78, 5) is 45.4. The normalized spacial score (nSPS) is 16.0. The quantitative estimate of drug-likeness (QED) is 0.364. The zero-order valence-corrected chi connectivity index (χ0v) is 12.5. The molecule has 0 rings (SSSR count). The summed E-state index contributed by atoms with van der Waals surface area (Å²) in [6, 6.07) is -3.62. The maximum absolute atomic E-state index is 11.8. The highest BCUT2D eigenvalue weighted by molar-refractivity contribution is 5.93. The first-order valence-corrected chi connectivity index (χ1v) is 6.45. The van der Waals surface area contributed by atoms with Gasteiger partial charge in [-0.3, -0.25) is 19.2 Å². The van der Waals surface area contributed by atoms with Crippen molar-refractivity contribution in [1.29, 1.82) is 0 Å². The predicted octanol–water partition coefficient (Wildman–Crippen LogP) is -2.07. The lowest BCUT2D eigenvalue weighted by Gasteiger charge is -2.19. The van der Waals surface area contributed by atoms with E-state index >= 15 is 0 Å². The van der Waals surface area contributed by atoms with Gasteiger partial charge in [0.05, 0.1) is 6.04 Å². The molecule has 0 aromatic carbocycles. The number of hydrogen-bond acceptors (Lipinski definition) is 5. The summed E-state index contributed by atoms with van der Waals surface area (Å²) < 4.78 is 0. The van der Waals surface area contributed by atoms with Crippen LogP contribution >= 0.6 is 0 Å². The van der Waals surface area contributed by atoms with E-state index < -0.39 is 47.9 Å². The molecule has 3 amide bonds. The molecule has 0 aliphatic heterocycles. The molecule has 0 aromatic heterocycles. The van der Waals surface area contributed by atoms with Crippen LogP contribution in [0.25, 0.3) is 0 Å². The number of carboxylic acid groups (broad SMARTS) is 1. The van der Waals surface area contributed by atoms with Crippen molar-refractivity contribution >= 4 is 23.7 Å². The van der Waals surface area contributed by atoms with Crippen LogP contribution in [0.5, 0.6) is 0 Å². The number of carbonyl (C=O) groups is 4. The molecule has 0 spiro atoms. The first-order chi connectivity index (χ1) is 9.56. The Morgan fingerprint density at radius 2 is 1.10 bits per heavy atom. The monoisotopic (exact) mass is 302 g/mol. The van der Waals surface area contributed by atoms with Crippen molar-refractivity contribution in [2.45, 2.75) is 51.9 Å². The predicted molar refractivity (Wildman–Crippen MR) is 74.1 cm³/mol. The van der Waals surface area contributed by atoms with E-state index in [9.17, 15) is 19.2 Å². The van der Waals surface area contributed by atoms with Crippen LogP contribution in [0, 0.1) is 0 Å². The van der Waals surface area contributed by atoms with Gasteiger partial charge in [-0.05, 0) is 27.7 Å². The molecule has 0 saturated heterocycles. The molecule has 120 valence electrons. The smallest absolute Gasteiger partial charge is 0.325 e. The Kier molecular flexibility index (Phi) is 7.36. The SMILES string of the molecule is C[C@H](NC(=O)[C@H](C)NC(=O)[C@H](C)NC(=O)[C@@H](C)N)C(=O)O. The number of nitrogens with one attached hydrogen (secondary N) is 3. The Balaban J connectivity index is 4.40. The molecular weight excluding hydrogens is 280 g/mol. The molecule has 0 aliphatic rings. The third-order valence-electron chi connectivity index (χ3n) is 2.65. The molecule has 0 aliphatic carbocycles. The van der Waals surface area contributed by atoms with Crippen molar-refractivity contribution in [3.63, 3.8) is 0 Å². The number of rotatable bonds is 7. The van der Waals surface area contributed by atoms with Gasteiger partial charge in [0.25, 0.3) is 0 Å². The Morgan fingerprint density at radius 3 is 1.43 bits per heavy atom. The van der Waals surface area contributed by atoms with Crippen molar-refractivity contribution in [2.75, 3.05) is 0 Å². The molecule has 9 heteroatoms. The van der Waals surface area contributed by atoms with Gasteiger partial charge in [0.15, 0.2) is 0 Å². The molecule has 0 saturated carbocycles. The summed E-state index contributed by atoms with van der Waals surface area (Å²) >= 11 is 0. The summed E-state index contributed by atoms with van der Waals surface area (Å²) in [5, 5.41) is 15.6. The fraction of sp³-hybridized carbons (Fsp3) is 0.667. The summed E-state index contributed by atoms with van der Waals surface area (Å²) in [5.41, 5.74) is 5.35. The minimum Gasteiger partial charge on any atom is -0.480 e. The Bertz CT molecular complexity index is 424. The molecule has 21 heavy (non-hydrogen) atoms. The van der Waals surface area contributed by atoms with Crippen LogP contribution in [0.4, 0.5) is 0 Å². The average molecular weight is 302 g/mol. The second-order valence-electron chi connectivity index (χ2n) is 4.82. The van der Waals surface area contributed by atoms with E-state index in [4.69, 9.17) is 10.8 Å². The summed E-state index contributed by atoms with van der Waals surface area (Å²) in [7, 11) is 0. The van der Waals surface area contributed by atoms with E-state index in [0.717, 1.165) is 0 Å². The third kappa shape index (κ3) is 6.70. The van der Waals surface area contributed by atoms with Gasteiger partial charge < -0.3 is 26.8 Å². The number of carbonyl (C=O) groups excluding carboxylic acids is 3. The van der Waals surface area contributed by atoms with Crippen LogP contribution in [-0.2, 0) is 19.2 Å². The van der Waals surface area contributed by atoms with E-state index in [-0.39, 0.29) is 0 Å². The Hall–Kier alpha value is -2.16. The fourth-order valence-corrected chi connectivity index (χ4v) is 1.21. The van der Waals surface area contributed by atoms with Crippen LogP contribution in [0.15, 0.2) is 0 Å². The second kappa shape index (κ2) is 8.20. The number of amides is 3. The van der Waals surface area contributed by atoms with Crippen LogP contribution in [-0.4, -0.2) is 53.0 Å². The van der Waals surface area contributed by atoms with Crippen molar-refractivity contribution in [1.82, 2.24) is 16.0 Å². The van der Waals surface area contributed by atoms with Gasteiger partial charge in [-0.1, -0.05) is 0 Å². The van der Waals surface area contributed by atoms with E-state index in [1.807, 2.05) is 0 Å². The topological polar surface area (TPSA) is 151 Å². The first-order valence-electron chi connectivity index (χ1n) is 6.45. The molecule has 0 fully saturated rings. The molecule has 0 heterocycles. The third-order valence-corrected chi connectivity index (χ3v) is 2.65. The molecule has 4 atom stereocenters. The standard InChI is InChI=1S/C12H22N4O5/c1-5(13)9(17)14-6(2)10(18)15-7(3)11(19)16-8(4)12(20)21/h5-8H,13H2,1-4H3,(H,14,17)(H,15,18)(H,16,19)(H,20,21)/t5-,6+,7+,8+/m1/s1. The lowest BCUT2D eigenvalue weighted by Crippen LogP contribution is -2.54. The van der Waals surface area contributed by atoms with Crippen molar-refractivity contribution < 1.29 is 24.3 Å². The minimum atomic E-state index is -1.18. The molecule has 0 bridgehead atoms. The van der Waals surface area contributed by atoms with Gasteiger partial charge in [0.2, 0.25) is 17.7 Å². The highest BCUT2D eigenvalue weighted by atomic mass is 16.4. The lowest BCUT2D eigenvalue weighted by atomic mass is 10.2. The zero-order valence-electron chi connectivity index (χ0n) is 12.5. The zero-order chi connectivity index (χ0) is 16.7. The maximum atomic E-state index is 11.8. The summed E-state index contributed by atoms with van der Waals surface area (Å²) in [5.74, 6) is -2.88. The van der Waals surface area contributed by atoms with E-state index in [2.05, 4.69) is 16.0 Å². The molecule has 0 unspecified atom stereocenters. The van der Waals surface area contributed by atoms with Crippen molar-refractivity contribution in [2.24, 2.45) is 5.73 Å². The summed E-state index contributed by atoms with van der Waals surface area (Å²) in [6.45, 7) is 5.63. The fourth-order valence-electron chi connectivity index (χ4n) is 1.21. The molecule has 6 N–H and O–H groups in total. The van der Waals surface area contributed by atoms with Gasteiger partial charge in [0.1, 0.15) is 18.1 Å².